The molecule has 2 aromatic rings. The molecule has 0 aromatic carbocycles. The lowest BCUT2D eigenvalue weighted by Crippen LogP contribution is -2.44. The quantitative estimate of drug-likeness (QED) is 0.788. The number of nitrogens with zero attached hydrogens (tertiary/aromatic N) is 5. The predicted octanol–water partition coefficient (Wildman–Crippen LogP) is 1.30. The first-order valence-electron chi connectivity index (χ1n) is 8.13. The number of piperidine rings is 1. The summed E-state index contributed by atoms with van der Waals surface area (Å²) in [5.41, 5.74) is 1.61. The van der Waals surface area contributed by atoms with Gasteiger partial charge in [0.25, 0.3) is 17.5 Å². The fourth-order valence-corrected chi connectivity index (χ4v) is 3.00. The molecule has 1 atom stereocenters. The second kappa shape index (κ2) is 6.54. The van der Waals surface area contributed by atoms with Crippen LogP contribution in [0.25, 0.3) is 5.78 Å². The minimum atomic E-state index is -0.712. The third-order valence-corrected chi connectivity index (χ3v) is 4.25. The van der Waals surface area contributed by atoms with Crippen molar-refractivity contribution in [2.24, 2.45) is 0 Å². The van der Waals surface area contributed by atoms with Crippen molar-refractivity contribution in [2.75, 3.05) is 13.2 Å². The molecule has 8 heteroatoms. The summed E-state index contributed by atoms with van der Waals surface area (Å²) in [5, 5.41) is 4.10. The Kier molecular flexibility index (Phi) is 4.46. The molecule has 0 spiro atoms. The molecule has 3 rings (SSSR count). The maximum absolute atomic E-state index is 12.2. The Balaban J connectivity index is 1.67. The van der Waals surface area contributed by atoms with Crippen molar-refractivity contribution in [1.29, 1.82) is 0 Å². The topological polar surface area (TPSA) is 89.7 Å². The van der Waals surface area contributed by atoms with E-state index >= 15 is 0 Å². The zero-order valence-electron chi connectivity index (χ0n) is 14.2. The fraction of sp³-hybridized carbons (Fsp3) is 0.562. The van der Waals surface area contributed by atoms with E-state index in [0.717, 1.165) is 30.7 Å². The molecule has 24 heavy (non-hydrogen) atoms. The van der Waals surface area contributed by atoms with E-state index in [-0.39, 0.29) is 24.4 Å². The number of fused-ring (bicyclic) bond motifs is 1. The summed E-state index contributed by atoms with van der Waals surface area (Å²) >= 11 is 0. The van der Waals surface area contributed by atoms with Crippen LogP contribution in [0.15, 0.2) is 6.07 Å². The molecule has 0 N–H and O–H groups in total. The van der Waals surface area contributed by atoms with Gasteiger partial charge in [0.05, 0.1) is 0 Å². The summed E-state index contributed by atoms with van der Waals surface area (Å²) in [6.07, 6.45) is 3.10. The molecule has 1 saturated heterocycles. The summed E-state index contributed by atoms with van der Waals surface area (Å²) in [4.78, 5) is 34.4. The number of aryl methyl sites for hydroxylation is 2. The largest absolute Gasteiger partial charge is 0.450 e. The molecule has 0 unspecified atom stereocenters. The van der Waals surface area contributed by atoms with Crippen molar-refractivity contribution in [2.45, 2.75) is 46.1 Å². The van der Waals surface area contributed by atoms with Gasteiger partial charge in [0.2, 0.25) is 0 Å². The minimum absolute atomic E-state index is 0.0873. The Labute approximate surface area is 139 Å². The highest BCUT2D eigenvalue weighted by atomic mass is 16.5. The van der Waals surface area contributed by atoms with Crippen molar-refractivity contribution >= 4 is 17.7 Å². The summed E-state index contributed by atoms with van der Waals surface area (Å²) < 4.78 is 6.58. The van der Waals surface area contributed by atoms with Crippen LogP contribution in [-0.2, 0) is 9.53 Å². The molecule has 0 aliphatic carbocycles. The monoisotopic (exact) mass is 331 g/mol. The van der Waals surface area contributed by atoms with E-state index in [2.05, 4.69) is 15.1 Å². The molecule has 1 aliphatic heterocycles. The zero-order chi connectivity index (χ0) is 17.3. The van der Waals surface area contributed by atoms with E-state index < -0.39 is 5.97 Å². The van der Waals surface area contributed by atoms with Crippen molar-refractivity contribution in [3.8, 4) is 0 Å². The van der Waals surface area contributed by atoms with Gasteiger partial charge in [0, 0.05) is 24.0 Å². The summed E-state index contributed by atoms with van der Waals surface area (Å²) in [6.45, 7) is 6.14. The summed E-state index contributed by atoms with van der Waals surface area (Å²) in [7, 11) is 0. The molecule has 0 saturated carbocycles. The number of rotatable bonds is 3. The van der Waals surface area contributed by atoms with Crippen molar-refractivity contribution in [1.82, 2.24) is 24.5 Å². The minimum Gasteiger partial charge on any atom is -0.450 e. The van der Waals surface area contributed by atoms with Crippen LogP contribution in [0.4, 0.5) is 0 Å². The first kappa shape index (κ1) is 16.4. The third kappa shape index (κ3) is 3.22. The average Bonchev–Trinajstić information content (AvgIpc) is 2.97. The third-order valence-electron chi connectivity index (χ3n) is 4.25. The number of hydrogen-bond donors (Lipinski definition) is 0. The van der Waals surface area contributed by atoms with E-state index in [1.165, 1.54) is 4.52 Å². The van der Waals surface area contributed by atoms with Crippen LogP contribution in [0.2, 0.25) is 0 Å². The van der Waals surface area contributed by atoms with Crippen molar-refractivity contribution in [3.63, 3.8) is 0 Å². The van der Waals surface area contributed by atoms with E-state index in [1.807, 2.05) is 26.8 Å². The van der Waals surface area contributed by atoms with Crippen molar-refractivity contribution < 1.29 is 14.3 Å². The molecular formula is C16H21N5O3. The average molecular weight is 331 g/mol. The van der Waals surface area contributed by atoms with Gasteiger partial charge in [-0.05, 0) is 46.1 Å². The molecular weight excluding hydrogens is 310 g/mol. The second-order valence-corrected chi connectivity index (χ2v) is 6.19. The highest BCUT2D eigenvalue weighted by Crippen LogP contribution is 2.16. The van der Waals surface area contributed by atoms with Gasteiger partial charge in [-0.2, -0.15) is 4.98 Å². The van der Waals surface area contributed by atoms with Gasteiger partial charge in [-0.25, -0.2) is 14.3 Å². The Bertz CT molecular complexity index is 785. The molecule has 0 radical (unpaired) electrons. The maximum Gasteiger partial charge on any atom is 0.378 e. The molecule has 8 nitrogen and oxygen atoms in total. The number of carbonyl (C=O) groups excluding carboxylic acids is 2. The van der Waals surface area contributed by atoms with Gasteiger partial charge >= 0.3 is 5.97 Å². The number of ether oxygens (including phenoxy) is 1. The zero-order valence-corrected chi connectivity index (χ0v) is 14.2. The number of likely N-dealkylation sites (tertiary alicyclic amines) is 1. The van der Waals surface area contributed by atoms with Gasteiger partial charge < -0.3 is 9.64 Å². The predicted molar refractivity (Wildman–Crippen MR) is 85.6 cm³/mol. The van der Waals surface area contributed by atoms with Crippen LogP contribution in [0, 0.1) is 13.8 Å². The van der Waals surface area contributed by atoms with Crippen LogP contribution in [-0.4, -0.2) is 55.6 Å². The van der Waals surface area contributed by atoms with Crippen LogP contribution in [0.1, 0.15) is 48.2 Å². The van der Waals surface area contributed by atoms with Crippen LogP contribution < -0.4 is 0 Å². The number of aromatic nitrogens is 4. The lowest BCUT2D eigenvalue weighted by Gasteiger charge is -2.33. The first-order valence-corrected chi connectivity index (χ1v) is 8.13. The molecule has 128 valence electrons. The molecule has 1 aliphatic rings. The number of carbonyl (C=O) groups is 2. The number of amides is 1. The Morgan fingerprint density at radius 3 is 2.83 bits per heavy atom. The second-order valence-electron chi connectivity index (χ2n) is 6.19. The number of esters is 1. The van der Waals surface area contributed by atoms with E-state index in [9.17, 15) is 9.59 Å². The van der Waals surface area contributed by atoms with E-state index in [0.29, 0.717) is 12.3 Å². The van der Waals surface area contributed by atoms with Gasteiger partial charge in [-0.1, -0.05) is 0 Å². The number of hydrogen-bond acceptors (Lipinski definition) is 6. The Hall–Kier alpha value is -2.51. The van der Waals surface area contributed by atoms with Gasteiger partial charge in [-0.15, -0.1) is 5.10 Å². The lowest BCUT2D eigenvalue weighted by atomic mass is 10.0. The Morgan fingerprint density at radius 2 is 2.08 bits per heavy atom. The lowest BCUT2D eigenvalue weighted by molar-refractivity contribution is -0.137. The van der Waals surface area contributed by atoms with E-state index in [1.54, 1.807) is 4.90 Å². The highest BCUT2D eigenvalue weighted by Gasteiger charge is 2.25. The molecule has 1 fully saturated rings. The summed E-state index contributed by atoms with van der Waals surface area (Å²) in [5.74, 6) is -0.633. The molecule has 0 bridgehead atoms. The normalized spacial score (nSPS) is 18.0. The van der Waals surface area contributed by atoms with E-state index in [4.69, 9.17) is 4.74 Å². The van der Waals surface area contributed by atoms with Gasteiger partial charge in [0.1, 0.15) is 0 Å². The smallest absolute Gasteiger partial charge is 0.378 e. The standard InChI is InChI=1S/C16H21N5O3/c1-10-8-12(3)21-16(17-10)18-14(19-21)15(23)24-9-13(22)20-7-5-4-6-11(20)2/h8,11H,4-7,9H2,1-3H3/t11-/m1/s1. The van der Waals surface area contributed by atoms with Gasteiger partial charge in [0.15, 0.2) is 6.61 Å². The SMILES string of the molecule is Cc1cc(C)n2nc(C(=O)OCC(=O)N3CCCC[C@H]3C)nc2n1. The fourth-order valence-electron chi connectivity index (χ4n) is 3.00. The van der Waals surface area contributed by atoms with Gasteiger partial charge in [-0.3, -0.25) is 4.79 Å². The van der Waals surface area contributed by atoms with Crippen LogP contribution in [0.5, 0.6) is 0 Å². The Morgan fingerprint density at radius 1 is 1.29 bits per heavy atom. The summed E-state index contributed by atoms with van der Waals surface area (Å²) in [6, 6.07) is 2.03. The molecule has 1 amide bonds. The highest BCUT2D eigenvalue weighted by molar-refractivity contribution is 5.88. The van der Waals surface area contributed by atoms with Crippen LogP contribution in [0.3, 0.4) is 0 Å². The maximum atomic E-state index is 12.2. The molecule has 3 heterocycles. The first-order chi connectivity index (χ1) is 11.5. The van der Waals surface area contributed by atoms with Crippen LogP contribution >= 0.6 is 0 Å². The van der Waals surface area contributed by atoms with Crippen molar-refractivity contribution in [3.05, 3.63) is 23.3 Å². The molecule has 2 aromatic heterocycles.